The van der Waals surface area contributed by atoms with Crippen molar-refractivity contribution in [3.05, 3.63) is 58.3 Å². The lowest BCUT2D eigenvalue weighted by atomic mass is 10.2. The number of hydrogen-bond acceptors (Lipinski definition) is 4. The molecule has 0 saturated carbocycles. The van der Waals surface area contributed by atoms with Crippen LogP contribution in [-0.2, 0) is 9.53 Å². The van der Waals surface area contributed by atoms with E-state index in [9.17, 15) is 9.59 Å². The van der Waals surface area contributed by atoms with Gasteiger partial charge in [0.2, 0.25) is 0 Å². The highest BCUT2D eigenvalue weighted by Gasteiger charge is 2.34. The molecule has 136 valence electrons. The molecule has 2 amide bonds. The van der Waals surface area contributed by atoms with Crippen molar-refractivity contribution in [2.75, 3.05) is 20.3 Å². The summed E-state index contributed by atoms with van der Waals surface area (Å²) in [6, 6.07) is 12.1. The van der Waals surface area contributed by atoms with Gasteiger partial charge in [0.1, 0.15) is 0 Å². The summed E-state index contributed by atoms with van der Waals surface area (Å²) in [5.74, 6) is -0.222. The third kappa shape index (κ3) is 3.61. The molecule has 0 spiro atoms. The minimum absolute atomic E-state index is 0.214. The lowest BCUT2D eigenvalue weighted by Gasteiger charge is -2.11. The first-order valence-electron chi connectivity index (χ1n) is 8.51. The quantitative estimate of drug-likeness (QED) is 0.566. The normalized spacial score (nSPS) is 16.1. The van der Waals surface area contributed by atoms with E-state index in [-0.39, 0.29) is 11.1 Å². The number of nitrogens with zero attached hydrogens (tertiary/aromatic N) is 2. The molecule has 2 aromatic rings. The summed E-state index contributed by atoms with van der Waals surface area (Å²) in [6.07, 6.45) is 2.47. The van der Waals surface area contributed by atoms with Gasteiger partial charge in [-0.25, -0.2) is 0 Å². The number of methoxy groups -OCH3 is 1. The lowest BCUT2D eigenvalue weighted by Crippen LogP contribution is -2.29. The molecule has 0 radical (unpaired) electrons. The minimum Gasteiger partial charge on any atom is -0.385 e. The number of amides is 2. The van der Waals surface area contributed by atoms with Crippen LogP contribution in [0.15, 0.2) is 41.3 Å². The third-order valence-electron chi connectivity index (χ3n) is 4.38. The molecule has 0 N–H and O–H groups in total. The SMILES string of the molecule is COCCCN1C(=O)S/C(=C\c2cc(C)n(-c3ccccc3)c2C)C1=O. The maximum Gasteiger partial charge on any atom is 0.293 e. The highest BCUT2D eigenvalue weighted by molar-refractivity contribution is 8.18. The van der Waals surface area contributed by atoms with Gasteiger partial charge in [-0.05, 0) is 61.9 Å². The molecule has 1 aromatic heterocycles. The Labute approximate surface area is 157 Å². The van der Waals surface area contributed by atoms with E-state index < -0.39 is 0 Å². The van der Waals surface area contributed by atoms with Gasteiger partial charge in [0.15, 0.2) is 0 Å². The van der Waals surface area contributed by atoms with Crippen LogP contribution in [0.2, 0.25) is 0 Å². The number of ether oxygens (including phenoxy) is 1. The summed E-state index contributed by atoms with van der Waals surface area (Å²) in [7, 11) is 1.61. The molecule has 1 aromatic carbocycles. The fourth-order valence-corrected chi connectivity index (χ4v) is 3.97. The Morgan fingerprint density at radius 1 is 1.15 bits per heavy atom. The average molecular weight is 370 g/mol. The van der Waals surface area contributed by atoms with Gasteiger partial charge in [-0.3, -0.25) is 14.5 Å². The van der Waals surface area contributed by atoms with Crippen molar-refractivity contribution in [2.45, 2.75) is 20.3 Å². The first-order valence-corrected chi connectivity index (χ1v) is 9.33. The van der Waals surface area contributed by atoms with E-state index in [4.69, 9.17) is 4.74 Å². The fourth-order valence-electron chi connectivity index (χ4n) is 3.11. The summed E-state index contributed by atoms with van der Waals surface area (Å²) < 4.78 is 7.14. The highest BCUT2D eigenvalue weighted by Crippen LogP contribution is 2.33. The zero-order chi connectivity index (χ0) is 18.7. The Hall–Kier alpha value is -2.31. The van der Waals surface area contributed by atoms with Gasteiger partial charge >= 0.3 is 0 Å². The first-order chi connectivity index (χ1) is 12.5. The molecule has 26 heavy (non-hydrogen) atoms. The van der Waals surface area contributed by atoms with Crippen LogP contribution in [-0.4, -0.2) is 40.9 Å². The highest BCUT2D eigenvalue weighted by atomic mass is 32.2. The van der Waals surface area contributed by atoms with Crippen LogP contribution in [0.5, 0.6) is 0 Å². The van der Waals surface area contributed by atoms with Gasteiger partial charge in [0.05, 0.1) is 4.91 Å². The molecule has 1 aliphatic rings. The van der Waals surface area contributed by atoms with Gasteiger partial charge < -0.3 is 9.30 Å². The zero-order valence-electron chi connectivity index (χ0n) is 15.2. The smallest absolute Gasteiger partial charge is 0.293 e. The number of carbonyl (C=O) groups excluding carboxylic acids is 2. The van der Waals surface area contributed by atoms with Gasteiger partial charge in [-0.1, -0.05) is 18.2 Å². The molecule has 0 unspecified atom stereocenters. The van der Waals surface area contributed by atoms with E-state index in [1.165, 1.54) is 4.90 Å². The van der Waals surface area contributed by atoms with Gasteiger partial charge in [0.25, 0.3) is 11.1 Å². The first kappa shape index (κ1) is 18.5. The molecular formula is C20H22N2O3S. The molecule has 0 aliphatic carbocycles. The second-order valence-electron chi connectivity index (χ2n) is 6.18. The molecule has 1 fully saturated rings. The molecule has 0 atom stereocenters. The monoisotopic (exact) mass is 370 g/mol. The molecule has 3 rings (SSSR count). The van der Waals surface area contributed by atoms with Crippen LogP contribution in [0.25, 0.3) is 11.8 Å². The standard InChI is InChI=1S/C20H22N2O3S/c1-14-12-16(15(2)22(14)17-8-5-4-6-9-17)13-18-19(23)21(20(24)26-18)10-7-11-25-3/h4-6,8-9,12-13H,7,10-11H2,1-3H3/b18-13-. The van der Waals surface area contributed by atoms with E-state index >= 15 is 0 Å². The lowest BCUT2D eigenvalue weighted by molar-refractivity contribution is -0.122. The Balaban J connectivity index is 1.87. The topological polar surface area (TPSA) is 51.5 Å². The Morgan fingerprint density at radius 3 is 2.58 bits per heavy atom. The van der Waals surface area contributed by atoms with Crippen LogP contribution in [0.3, 0.4) is 0 Å². The third-order valence-corrected chi connectivity index (χ3v) is 5.28. The second kappa shape index (κ2) is 7.93. The van der Waals surface area contributed by atoms with Crippen molar-refractivity contribution in [3.63, 3.8) is 0 Å². The molecule has 1 saturated heterocycles. The molecule has 1 aliphatic heterocycles. The van der Waals surface area contributed by atoms with Crippen LogP contribution < -0.4 is 0 Å². The summed E-state index contributed by atoms with van der Waals surface area (Å²) in [4.78, 5) is 26.5. The number of aryl methyl sites for hydroxylation is 1. The summed E-state index contributed by atoms with van der Waals surface area (Å²) in [5, 5.41) is -0.214. The number of imide groups is 1. The number of benzene rings is 1. The number of aromatic nitrogens is 1. The van der Waals surface area contributed by atoms with Crippen molar-refractivity contribution >= 4 is 29.0 Å². The van der Waals surface area contributed by atoms with E-state index in [0.717, 1.165) is 34.4 Å². The Kier molecular flexibility index (Phi) is 5.64. The number of thioether (sulfide) groups is 1. The maximum atomic E-state index is 12.6. The number of para-hydroxylation sites is 1. The molecule has 6 heteroatoms. The van der Waals surface area contributed by atoms with Crippen molar-refractivity contribution in [3.8, 4) is 5.69 Å². The van der Waals surface area contributed by atoms with E-state index in [0.29, 0.717) is 24.5 Å². The average Bonchev–Trinajstić information content (AvgIpc) is 3.05. The summed E-state index contributed by atoms with van der Waals surface area (Å²) in [5.41, 5.74) is 4.16. The van der Waals surface area contributed by atoms with Gasteiger partial charge in [-0.15, -0.1) is 0 Å². The zero-order valence-corrected chi connectivity index (χ0v) is 16.0. The Morgan fingerprint density at radius 2 is 1.88 bits per heavy atom. The molecule has 2 heterocycles. The largest absolute Gasteiger partial charge is 0.385 e. The van der Waals surface area contributed by atoms with Crippen LogP contribution in [0.1, 0.15) is 23.4 Å². The second-order valence-corrected chi connectivity index (χ2v) is 7.17. The predicted octanol–water partition coefficient (Wildman–Crippen LogP) is 4.17. The van der Waals surface area contributed by atoms with Crippen molar-refractivity contribution in [1.29, 1.82) is 0 Å². The minimum atomic E-state index is -0.222. The molecule has 0 bridgehead atoms. The van der Waals surface area contributed by atoms with Crippen LogP contribution in [0, 0.1) is 13.8 Å². The predicted molar refractivity (Wildman–Crippen MR) is 104 cm³/mol. The summed E-state index contributed by atoms with van der Waals surface area (Å²) >= 11 is 1.00. The van der Waals surface area contributed by atoms with Crippen molar-refractivity contribution in [2.24, 2.45) is 0 Å². The molecule has 5 nitrogen and oxygen atoms in total. The van der Waals surface area contributed by atoms with Crippen molar-refractivity contribution in [1.82, 2.24) is 9.47 Å². The van der Waals surface area contributed by atoms with E-state index in [1.807, 2.05) is 56.3 Å². The number of carbonyl (C=O) groups is 2. The molecular weight excluding hydrogens is 348 g/mol. The van der Waals surface area contributed by atoms with E-state index in [1.54, 1.807) is 7.11 Å². The van der Waals surface area contributed by atoms with Crippen molar-refractivity contribution < 1.29 is 14.3 Å². The van der Waals surface area contributed by atoms with E-state index in [2.05, 4.69) is 4.57 Å². The fraction of sp³-hybridized carbons (Fsp3) is 0.300. The van der Waals surface area contributed by atoms with Crippen LogP contribution >= 0.6 is 11.8 Å². The van der Waals surface area contributed by atoms with Crippen LogP contribution in [0.4, 0.5) is 4.79 Å². The summed E-state index contributed by atoms with van der Waals surface area (Å²) in [6.45, 7) is 4.97. The Bertz CT molecular complexity index is 855. The number of rotatable bonds is 6. The van der Waals surface area contributed by atoms with Gasteiger partial charge in [0, 0.05) is 37.3 Å². The number of hydrogen-bond donors (Lipinski definition) is 0. The van der Waals surface area contributed by atoms with Gasteiger partial charge in [-0.2, -0.15) is 0 Å². The maximum absolute atomic E-state index is 12.6.